The Hall–Kier alpha value is -1.42. The lowest BCUT2D eigenvalue weighted by molar-refractivity contribution is 0.225. The standard InChI is InChI=1S/C21H24OS2/c1-3-20(17-11-7-5-8-12-17)23-15-19(22)16-24-21(4-2)18-13-9-6-10-14-18/h3-14,19-22H,1-2,15-16H2. The molecule has 0 aliphatic rings. The van der Waals surface area contributed by atoms with Gasteiger partial charge in [-0.25, -0.2) is 0 Å². The van der Waals surface area contributed by atoms with Crippen LogP contribution in [0.15, 0.2) is 86.0 Å². The van der Waals surface area contributed by atoms with Gasteiger partial charge in [0.05, 0.1) is 6.10 Å². The maximum absolute atomic E-state index is 10.3. The van der Waals surface area contributed by atoms with Crippen molar-refractivity contribution in [3.8, 4) is 0 Å². The number of thioether (sulfide) groups is 2. The molecular formula is C21H24OS2. The Morgan fingerprint density at radius 2 is 1.12 bits per heavy atom. The monoisotopic (exact) mass is 356 g/mol. The summed E-state index contributed by atoms with van der Waals surface area (Å²) in [5.74, 6) is 1.38. The molecule has 0 saturated carbocycles. The Labute approximate surface area is 153 Å². The van der Waals surface area contributed by atoms with E-state index >= 15 is 0 Å². The fourth-order valence-electron chi connectivity index (χ4n) is 2.36. The summed E-state index contributed by atoms with van der Waals surface area (Å²) in [6.07, 6.45) is 3.53. The molecule has 0 saturated heterocycles. The van der Waals surface area contributed by atoms with Crippen molar-refractivity contribution in [1.82, 2.24) is 0 Å². The van der Waals surface area contributed by atoms with E-state index in [2.05, 4.69) is 37.4 Å². The summed E-state index contributed by atoms with van der Waals surface area (Å²) in [5, 5.41) is 10.8. The maximum Gasteiger partial charge on any atom is 0.0721 e. The second-order valence-electron chi connectivity index (χ2n) is 5.45. The molecule has 0 aliphatic carbocycles. The minimum atomic E-state index is -0.350. The van der Waals surface area contributed by atoms with Crippen LogP contribution in [0.25, 0.3) is 0 Å². The van der Waals surface area contributed by atoms with Gasteiger partial charge in [-0.05, 0) is 11.1 Å². The van der Waals surface area contributed by atoms with Gasteiger partial charge in [-0.2, -0.15) is 0 Å². The second-order valence-corrected chi connectivity index (χ2v) is 7.80. The smallest absolute Gasteiger partial charge is 0.0721 e. The highest BCUT2D eigenvalue weighted by Gasteiger charge is 2.14. The summed E-state index contributed by atoms with van der Waals surface area (Å²) in [7, 11) is 0. The number of rotatable bonds is 10. The lowest BCUT2D eigenvalue weighted by Gasteiger charge is -2.18. The number of benzene rings is 2. The SMILES string of the molecule is C=CC(SCC(O)CSC(C=C)c1ccccc1)c1ccccc1. The van der Waals surface area contributed by atoms with Crippen LogP contribution in [0.1, 0.15) is 21.6 Å². The van der Waals surface area contributed by atoms with Gasteiger partial charge in [0.1, 0.15) is 0 Å². The van der Waals surface area contributed by atoms with E-state index in [-0.39, 0.29) is 16.6 Å². The molecule has 1 nitrogen and oxygen atoms in total. The molecule has 0 bridgehead atoms. The fourth-order valence-corrected chi connectivity index (χ4v) is 4.58. The molecule has 24 heavy (non-hydrogen) atoms. The van der Waals surface area contributed by atoms with Crippen LogP contribution in [0.5, 0.6) is 0 Å². The third kappa shape index (κ3) is 5.90. The van der Waals surface area contributed by atoms with Crippen molar-refractivity contribution in [3.63, 3.8) is 0 Å². The van der Waals surface area contributed by atoms with Crippen molar-refractivity contribution in [2.75, 3.05) is 11.5 Å². The largest absolute Gasteiger partial charge is 0.391 e. The highest BCUT2D eigenvalue weighted by Crippen LogP contribution is 2.33. The van der Waals surface area contributed by atoms with Gasteiger partial charge in [0, 0.05) is 22.0 Å². The van der Waals surface area contributed by atoms with Crippen LogP contribution in [0, 0.1) is 0 Å². The summed E-state index contributed by atoms with van der Waals surface area (Å²) in [6.45, 7) is 7.84. The van der Waals surface area contributed by atoms with Gasteiger partial charge < -0.3 is 5.11 Å². The van der Waals surface area contributed by atoms with Crippen molar-refractivity contribution in [2.45, 2.75) is 16.6 Å². The van der Waals surface area contributed by atoms with E-state index in [4.69, 9.17) is 0 Å². The van der Waals surface area contributed by atoms with E-state index in [1.807, 2.05) is 48.6 Å². The first-order valence-corrected chi connectivity index (χ1v) is 10.1. The molecule has 2 atom stereocenters. The van der Waals surface area contributed by atoms with E-state index < -0.39 is 0 Å². The fraction of sp³-hybridized carbons (Fsp3) is 0.238. The van der Waals surface area contributed by atoms with E-state index in [1.54, 1.807) is 23.5 Å². The maximum atomic E-state index is 10.3. The molecule has 126 valence electrons. The quantitative estimate of drug-likeness (QED) is 0.554. The van der Waals surface area contributed by atoms with Crippen molar-refractivity contribution in [2.24, 2.45) is 0 Å². The lowest BCUT2D eigenvalue weighted by atomic mass is 10.1. The van der Waals surface area contributed by atoms with E-state index in [1.165, 1.54) is 11.1 Å². The molecule has 1 N–H and O–H groups in total. The predicted molar refractivity (Wildman–Crippen MR) is 110 cm³/mol. The lowest BCUT2D eigenvalue weighted by Crippen LogP contribution is -2.15. The molecule has 0 spiro atoms. The first-order chi connectivity index (χ1) is 11.7. The van der Waals surface area contributed by atoms with Crippen LogP contribution < -0.4 is 0 Å². The van der Waals surface area contributed by atoms with E-state index in [0.29, 0.717) is 11.5 Å². The Morgan fingerprint density at radius 1 is 0.750 bits per heavy atom. The Kier molecular flexibility index (Phi) is 8.23. The van der Waals surface area contributed by atoms with Crippen LogP contribution in [-0.2, 0) is 0 Å². The van der Waals surface area contributed by atoms with Crippen molar-refractivity contribution in [1.29, 1.82) is 0 Å². The number of aliphatic hydroxyl groups is 1. The summed E-state index contributed by atoms with van der Waals surface area (Å²) in [6, 6.07) is 20.6. The highest BCUT2D eigenvalue weighted by atomic mass is 32.2. The normalized spacial score (nSPS) is 14.5. The Balaban J connectivity index is 1.81. The zero-order valence-electron chi connectivity index (χ0n) is 13.8. The second kappa shape index (κ2) is 10.4. The molecule has 3 heteroatoms. The molecule has 0 amide bonds. The molecule has 0 heterocycles. The van der Waals surface area contributed by atoms with Gasteiger partial charge in [0.2, 0.25) is 0 Å². The van der Waals surface area contributed by atoms with Crippen LogP contribution in [0.2, 0.25) is 0 Å². The summed E-state index contributed by atoms with van der Waals surface area (Å²) < 4.78 is 0. The van der Waals surface area contributed by atoms with Gasteiger partial charge >= 0.3 is 0 Å². The Bertz CT molecular complexity index is 557. The van der Waals surface area contributed by atoms with E-state index in [9.17, 15) is 5.11 Å². The Morgan fingerprint density at radius 3 is 1.46 bits per heavy atom. The summed E-state index contributed by atoms with van der Waals surface area (Å²) >= 11 is 3.46. The van der Waals surface area contributed by atoms with Crippen molar-refractivity contribution >= 4 is 23.5 Å². The zero-order chi connectivity index (χ0) is 17.2. The van der Waals surface area contributed by atoms with Crippen LogP contribution >= 0.6 is 23.5 Å². The highest BCUT2D eigenvalue weighted by molar-refractivity contribution is 8.00. The summed E-state index contributed by atoms with van der Waals surface area (Å²) in [4.78, 5) is 0. The summed E-state index contributed by atoms with van der Waals surface area (Å²) in [5.41, 5.74) is 2.45. The molecule has 0 fully saturated rings. The first-order valence-electron chi connectivity index (χ1n) is 8.01. The van der Waals surface area contributed by atoms with Crippen molar-refractivity contribution in [3.05, 3.63) is 97.1 Å². The number of hydrogen-bond donors (Lipinski definition) is 1. The minimum absolute atomic E-state index is 0.218. The van der Waals surface area contributed by atoms with Gasteiger partial charge in [-0.15, -0.1) is 36.7 Å². The zero-order valence-corrected chi connectivity index (χ0v) is 15.4. The molecule has 0 aromatic heterocycles. The molecule has 0 aliphatic heterocycles. The van der Waals surface area contributed by atoms with Gasteiger partial charge in [0.15, 0.2) is 0 Å². The molecule has 2 unspecified atom stereocenters. The van der Waals surface area contributed by atoms with Gasteiger partial charge in [-0.3, -0.25) is 0 Å². The third-order valence-corrected chi connectivity index (χ3v) is 6.42. The van der Waals surface area contributed by atoms with Gasteiger partial charge in [0.25, 0.3) is 0 Å². The number of hydrogen-bond acceptors (Lipinski definition) is 3. The predicted octanol–water partition coefficient (Wildman–Crippen LogP) is 5.67. The topological polar surface area (TPSA) is 20.2 Å². The average molecular weight is 357 g/mol. The third-order valence-electron chi connectivity index (χ3n) is 3.62. The van der Waals surface area contributed by atoms with Gasteiger partial charge in [-0.1, -0.05) is 72.8 Å². The minimum Gasteiger partial charge on any atom is -0.391 e. The van der Waals surface area contributed by atoms with E-state index in [0.717, 1.165) is 0 Å². The molecule has 0 radical (unpaired) electrons. The van der Waals surface area contributed by atoms with Crippen molar-refractivity contribution < 1.29 is 5.11 Å². The van der Waals surface area contributed by atoms with Crippen LogP contribution in [-0.4, -0.2) is 22.7 Å². The molecular weight excluding hydrogens is 332 g/mol. The van der Waals surface area contributed by atoms with Crippen LogP contribution in [0.3, 0.4) is 0 Å². The van der Waals surface area contributed by atoms with Crippen LogP contribution in [0.4, 0.5) is 0 Å². The molecule has 2 aromatic rings. The number of aliphatic hydroxyl groups excluding tert-OH is 1. The first kappa shape index (κ1) is 18.9. The average Bonchev–Trinajstić information content (AvgIpc) is 2.64. The molecule has 2 rings (SSSR count). The molecule has 2 aromatic carbocycles.